The maximum Gasteiger partial charge on any atom is 0.410 e. The number of hydrogen-bond donors (Lipinski definition) is 0. The molecule has 8 nitrogen and oxygen atoms in total. The number of anilines is 2. The monoisotopic (exact) mass is 484 g/mol. The molecule has 0 bridgehead atoms. The maximum atomic E-state index is 13.5. The first-order valence-corrected chi connectivity index (χ1v) is 12.4. The Kier molecular flexibility index (Phi) is 6.01. The first-order chi connectivity index (χ1) is 16.2. The van der Waals surface area contributed by atoms with Gasteiger partial charge in [0.1, 0.15) is 22.6 Å². The highest BCUT2D eigenvalue weighted by Crippen LogP contribution is 2.32. The SMILES string of the molecule is CC(C)(C)OC(=O)N1CCN(c2cnc3nc(-c4ccc(N5CC[C@@H](F)C5)nc4)sc3c2)CC1. The molecule has 0 N–H and O–H groups in total. The zero-order chi connectivity index (χ0) is 23.9. The van der Waals surface area contributed by atoms with Crippen molar-refractivity contribution in [1.82, 2.24) is 19.9 Å². The summed E-state index contributed by atoms with van der Waals surface area (Å²) in [6.07, 6.45) is 3.17. The van der Waals surface area contributed by atoms with Gasteiger partial charge in [0.25, 0.3) is 0 Å². The number of nitrogens with zero attached hydrogens (tertiary/aromatic N) is 6. The Hall–Kier alpha value is -3.01. The number of hydrogen-bond acceptors (Lipinski definition) is 8. The van der Waals surface area contributed by atoms with Crippen molar-refractivity contribution in [1.29, 1.82) is 0 Å². The molecule has 1 atom stereocenters. The fourth-order valence-corrected chi connectivity index (χ4v) is 5.15. The largest absolute Gasteiger partial charge is 0.444 e. The number of alkyl halides is 1. The minimum atomic E-state index is -0.772. The summed E-state index contributed by atoms with van der Waals surface area (Å²) in [5.74, 6) is 0.802. The molecule has 34 heavy (non-hydrogen) atoms. The lowest BCUT2D eigenvalue weighted by Crippen LogP contribution is -2.50. The van der Waals surface area contributed by atoms with Crippen molar-refractivity contribution in [3.05, 3.63) is 30.6 Å². The zero-order valence-electron chi connectivity index (χ0n) is 19.7. The van der Waals surface area contributed by atoms with Crippen LogP contribution in [0.2, 0.25) is 0 Å². The summed E-state index contributed by atoms with van der Waals surface area (Å²) in [7, 11) is 0. The quantitative estimate of drug-likeness (QED) is 0.547. The Labute approximate surface area is 202 Å². The lowest BCUT2D eigenvalue weighted by molar-refractivity contribution is 0.0240. The van der Waals surface area contributed by atoms with E-state index in [1.807, 2.05) is 44.0 Å². The molecule has 0 spiro atoms. The van der Waals surface area contributed by atoms with Gasteiger partial charge in [-0.15, -0.1) is 11.3 Å². The standard InChI is InChI=1S/C24H29FN6O2S/c1-24(2,3)33-23(32)30-10-8-29(9-11-30)18-12-19-21(27-14-18)28-22(34-19)16-4-5-20(26-13-16)31-7-6-17(25)15-31/h4-5,12-14,17H,6-11,15H2,1-3H3/t17-/m1/s1. The molecule has 5 rings (SSSR count). The molecular formula is C24H29FN6O2S. The van der Waals surface area contributed by atoms with Gasteiger partial charge in [0.05, 0.1) is 23.1 Å². The fourth-order valence-electron chi connectivity index (χ4n) is 4.20. The minimum Gasteiger partial charge on any atom is -0.444 e. The van der Waals surface area contributed by atoms with Crippen LogP contribution in [0.1, 0.15) is 27.2 Å². The molecule has 2 aliphatic rings. The Morgan fingerprint density at radius 1 is 1.09 bits per heavy atom. The van der Waals surface area contributed by atoms with Gasteiger partial charge in [-0.05, 0) is 45.4 Å². The van der Waals surface area contributed by atoms with E-state index in [1.165, 1.54) is 0 Å². The van der Waals surface area contributed by atoms with E-state index >= 15 is 0 Å². The van der Waals surface area contributed by atoms with E-state index in [0.29, 0.717) is 38.2 Å². The zero-order valence-corrected chi connectivity index (χ0v) is 20.5. The van der Waals surface area contributed by atoms with Gasteiger partial charge in [0.2, 0.25) is 0 Å². The first-order valence-electron chi connectivity index (χ1n) is 11.6. The van der Waals surface area contributed by atoms with E-state index in [-0.39, 0.29) is 6.09 Å². The molecule has 0 saturated carbocycles. The van der Waals surface area contributed by atoms with E-state index in [9.17, 15) is 9.18 Å². The third-order valence-electron chi connectivity index (χ3n) is 5.98. The van der Waals surface area contributed by atoms with Crippen LogP contribution in [0.4, 0.5) is 20.7 Å². The molecular weight excluding hydrogens is 455 g/mol. The lowest BCUT2D eigenvalue weighted by atomic mass is 10.2. The number of ether oxygens (including phenoxy) is 1. The molecule has 3 aromatic rings. The second-order valence-electron chi connectivity index (χ2n) is 9.73. The Balaban J connectivity index is 1.26. The highest BCUT2D eigenvalue weighted by atomic mass is 32.1. The number of carbonyl (C=O) groups is 1. The average Bonchev–Trinajstić information content (AvgIpc) is 3.44. The van der Waals surface area contributed by atoms with Gasteiger partial charge in [-0.2, -0.15) is 0 Å². The number of fused-ring (bicyclic) bond motifs is 1. The molecule has 0 radical (unpaired) electrons. The Morgan fingerprint density at radius 2 is 1.88 bits per heavy atom. The number of carbonyl (C=O) groups excluding carboxylic acids is 1. The number of thiazole rings is 1. The molecule has 2 aliphatic heterocycles. The van der Waals surface area contributed by atoms with Gasteiger partial charge in [-0.3, -0.25) is 0 Å². The van der Waals surface area contributed by atoms with Gasteiger partial charge < -0.3 is 19.4 Å². The van der Waals surface area contributed by atoms with Crippen LogP contribution in [0.3, 0.4) is 0 Å². The van der Waals surface area contributed by atoms with Crippen LogP contribution >= 0.6 is 11.3 Å². The summed E-state index contributed by atoms with van der Waals surface area (Å²) in [6.45, 7) is 9.41. The number of piperazine rings is 1. The number of pyridine rings is 2. The summed E-state index contributed by atoms with van der Waals surface area (Å²) in [6, 6.07) is 6.03. The molecule has 0 aliphatic carbocycles. The predicted molar refractivity (Wildman–Crippen MR) is 132 cm³/mol. The van der Waals surface area contributed by atoms with Crippen LogP contribution in [0, 0.1) is 0 Å². The number of rotatable bonds is 3. The predicted octanol–water partition coefficient (Wildman–Crippen LogP) is 4.36. The normalized spacial score (nSPS) is 19.2. The molecule has 180 valence electrons. The summed E-state index contributed by atoms with van der Waals surface area (Å²) in [4.78, 5) is 32.1. The van der Waals surface area contributed by atoms with Crippen molar-refractivity contribution in [2.24, 2.45) is 0 Å². The third kappa shape index (κ3) is 4.91. The lowest BCUT2D eigenvalue weighted by Gasteiger charge is -2.36. The van der Waals surface area contributed by atoms with Crippen molar-refractivity contribution in [3.8, 4) is 10.6 Å². The van der Waals surface area contributed by atoms with Crippen molar-refractivity contribution >= 4 is 39.3 Å². The maximum absolute atomic E-state index is 13.5. The van der Waals surface area contributed by atoms with Crippen LogP contribution in [-0.4, -0.2) is 77.0 Å². The highest BCUT2D eigenvalue weighted by Gasteiger charge is 2.26. The summed E-state index contributed by atoms with van der Waals surface area (Å²) >= 11 is 1.58. The molecule has 2 saturated heterocycles. The van der Waals surface area contributed by atoms with Gasteiger partial charge in [0.15, 0.2) is 5.65 Å². The van der Waals surface area contributed by atoms with Crippen LogP contribution in [0.15, 0.2) is 30.6 Å². The van der Waals surface area contributed by atoms with E-state index in [4.69, 9.17) is 4.74 Å². The molecule has 5 heterocycles. The van der Waals surface area contributed by atoms with Crippen molar-refractivity contribution in [2.45, 2.75) is 39.0 Å². The summed E-state index contributed by atoms with van der Waals surface area (Å²) < 4.78 is 20.0. The van der Waals surface area contributed by atoms with Crippen LogP contribution in [0.5, 0.6) is 0 Å². The van der Waals surface area contributed by atoms with Gasteiger partial charge in [-0.1, -0.05) is 0 Å². The van der Waals surface area contributed by atoms with E-state index in [0.717, 1.165) is 39.9 Å². The van der Waals surface area contributed by atoms with Crippen molar-refractivity contribution in [3.63, 3.8) is 0 Å². The molecule has 0 unspecified atom stereocenters. The van der Waals surface area contributed by atoms with E-state index < -0.39 is 11.8 Å². The smallest absolute Gasteiger partial charge is 0.410 e. The summed E-state index contributed by atoms with van der Waals surface area (Å²) in [5, 5.41) is 0.859. The summed E-state index contributed by atoms with van der Waals surface area (Å²) in [5.41, 5.74) is 2.17. The highest BCUT2D eigenvalue weighted by molar-refractivity contribution is 7.21. The molecule has 0 aromatic carbocycles. The van der Waals surface area contributed by atoms with Crippen molar-refractivity contribution in [2.75, 3.05) is 49.1 Å². The molecule has 3 aromatic heterocycles. The van der Waals surface area contributed by atoms with E-state index in [2.05, 4.69) is 25.9 Å². The van der Waals surface area contributed by atoms with Crippen LogP contribution in [-0.2, 0) is 4.74 Å². The van der Waals surface area contributed by atoms with Gasteiger partial charge in [-0.25, -0.2) is 24.1 Å². The second kappa shape index (κ2) is 8.98. The first kappa shape index (κ1) is 22.8. The Bertz CT molecular complexity index is 1170. The van der Waals surface area contributed by atoms with Crippen molar-refractivity contribution < 1.29 is 13.9 Å². The second-order valence-corrected chi connectivity index (χ2v) is 10.8. The van der Waals surface area contributed by atoms with Crippen LogP contribution in [0.25, 0.3) is 20.9 Å². The van der Waals surface area contributed by atoms with Crippen LogP contribution < -0.4 is 9.80 Å². The van der Waals surface area contributed by atoms with Gasteiger partial charge >= 0.3 is 6.09 Å². The number of aromatic nitrogens is 3. The average molecular weight is 485 g/mol. The molecule has 2 fully saturated rings. The number of amides is 1. The van der Waals surface area contributed by atoms with E-state index in [1.54, 1.807) is 22.4 Å². The van der Waals surface area contributed by atoms with Gasteiger partial charge in [0, 0.05) is 44.5 Å². The molecule has 1 amide bonds. The fraction of sp³-hybridized carbons (Fsp3) is 0.500. The number of halogens is 1. The molecule has 10 heteroatoms. The third-order valence-corrected chi connectivity index (χ3v) is 7.02. The Morgan fingerprint density at radius 3 is 2.53 bits per heavy atom. The minimum absolute atomic E-state index is 0.262. The topological polar surface area (TPSA) is 74.7 Å².